The van der Waals surface area contributed by atoms with Crippen molar-refractivity contribution < 1.29 is 9.53 Å². The monoisotopic (exact) mass is 223 g/mol. The van der Waals surface area contributed by atoms with Gasteiger partial charge in [-0.1, -0.05) is 19.8 Å². The highest BCUT2D eigenvalue weighted by Crippen LogP contribution is 2.40. The summed E-state index contributed by atoms with van der Waals surface area (Å²) in [5, 5.41) is 3.16. The van der Waals surface area contributed by atoms with E-state index in [4.69, 9.17) is 11.2 Å². The number of nitrogens with one attached hydrogen (secondary N) is 1. The molecular weight excluding hydrogens is 202 g/mol. The number of rotatable bonds is 3. The summed E-state index contributed by atoms with van der Waals surface area (Å²) in [6, 6.07) is 0. The molecule has 1 aliphatic rings. The molecule has 0 heterocycles. The number of esters is 1. The van der Waals surface area contributed by atoms with Gasteiger partial charge in [-0.2, -0.15) is 0 Å². The van der Waals surface area contributed by atoms with Crippen LogP contribution in [-0.4, -0.2) is 25.2 Å². The van der Waals surface area contributed by atoms with Crippen LogP contribution in [0.15, 0.2) is 0 Å². The molecule has 0 aromatic carbocycles. The maximum atomic E-state index is 11.9. The van der Waals surface area contributed by atoms with Crippen LogP contribution < -0.4 is 5.32 Å². The summed E-state index contributed by atoms with van der Waals surface area (Å²) < 4.78 is 4.89. The van der Waals surface area contributed by atoms with Crippen molar-refractivity contribution >= 4 is 5.97 Å². The highest BCUT2D eigenvalue weighted by Gasteiger charge is 2.44. The molecule has 0 bridgehead atoms. The fourth-order valence-corrected chi connectivity index (χ4v) is 2.22. The van der Waals surface area contributed by atoms with Crippen molar-refractivity contribution in [1.29, 1.82) is 0 Å². The zero-order valence-electron chi connectivity index (χ0n) is 10.4. The molecule has 1 aliphatic carbocycles. The molecule has 90 valence electrons. The first-order valence-electron chi connectivity index (χ1n) is 5.73. The largest absolute Gasteiger partial charge is 0.468 e. The molecule has 0 aliphatic heterocycles. The Kier molecular flexibility index (Phi) is 3.98. The Labute approximate surface area is 97.9 Å². The van der Waals surface area contributed by atoms with Crippen LogP contribution in [0.2, 0.25) is 0 Å². The molecule has 0 radical (unpaired) electrons. The Morgan fingerprint density at radius 2 is 1.94 bits per heavy atom. The third kappa shape index (κ3) is 2.76. The molecule has 1 saturated carbocycles. The lowest BCUT2D eigenvalue weighted by atomic mass is 9.69. The van der Waals surface area contributed by atoms with E-state index in [1.165, 1.54) is 7.11 Å². The van der Waals surface area contributed by atoms with Crippen LogP contribution >= 0.6 is 0 Å². The van der Waals surface area contributed by atoms with E-state index in [0.29, 0.717) is 12.0 Å². The second-order valence-electron chi connectivity index (χ2n) is 5.30. The zero-order valence-corrected chi connectivity index (χ0v) is 10.4. The first-order valence-corrected chi connectivity index (χ1v) is 5.73. The van der Waals surface area contributed by atoms with Crippen molar-refractivity contribution in [2.45, 2.75) is 45.1 Å². The van der Waals surface area contributed by atoms with Gasteiger partial charge in [-0.15, -0.1) is 6.42 Å². The van der Waals surface area contributed by atoms with Gasteiger partial charge in [0.05, 0.1) is 13.7 Å². The molecule has 1 rings (SSSR count). The van der Waals surface area contributed by atoms with Gasteiger partial charge in [0.1, 0.15) is 5.54 Å². The van der Waals surface area contributed by atoms with Crippen LogP contribution in [0.5, 0.6) is 0 Å². The van der Waals surface area contributed by atoms with Gasteiger partial charge in [-0.05, 0) is 31.1 Å². The predicted octanol–water partition coefficient (Wildman–Crippen LogP) is 1.72. The molecule has 0 amide bonds. The topological polar surface area (TPSA) is 38.3 Å². The van der Waals surface area contributed by atoms with Gasteiger partial charge in [0.2, 0.25) is 0 Å². The van der Waals surface area contributed by atoms with Gasteiger partial charge in [0, 0.05) is 0 Å². The third-order valence-corrected chi connectivity index (χ3v) is 3.56. The molecule has 3 heteroatoms. The number of hydrogen-bond acceptors (Lipinski definition) is 3. The SMILES string of the molecule is C#CCNC1(C(=O)OC)CCC(C)(C)CC1. The molecule has 0 aromatic heterocycles. The van der Waals surface area contributed by atoms with Crippen molar-refractivity contribution in [2.75, 3.05) is 13.7 Å². The molecule has 0 unspecified atom stereocenters. The first-order chi connectivity index (χ1) is 7.46. The fourth-order valence-electron chi connectivity index (χ4n) is 2.22. The number of methoxy groups -OCH3 is 1. The average Bonchev–Trinajstić information content (AvgIpc) is 2.27. The van der Waals surface area contributed by atoms with Crippen LogP contribution in [0, 0.1) is 17.8 Å². The third-order valence-electron chi connectivity index (χ3n) is 3.56. The van der Waals surface area contributed by atoms with Gasteiger partial charge in [0.15, 0.2) is 0 Å². The average molecular weight is 223 g/mol. The number of ether oxygens (including phenoxy) is 1. The number of terminal acetylenes is 1. The molecule has 3 nitrogen and oxygen atoms in total. The lowest BCUT2D eigenvalue weighted by Crippen LogP contribution is -2.55. The quantitative estimate of drug-likeness (QED) is 0.585. The maximum absolute atomic E-state index is 11.9. The Bertz CT molecular complexity index is 292. The first kappa shape index (κ1) is 13.1. The van der Waals surface area contributed by atoms with Crippen LogP contribution in [-0.2, 0) is 9.53 Å². The summed E-state index contributed by atoms with van der Waals surface area (Å²) in [7, 11) is 1.43. The van der Waals surface area contributed by atoms with Gasteiger partial charge in [0.25, 0.3) is 0 Å². The fraction of sp³-hybridized carbons (Fsp3) is 0.769. The standard InChI is InChI=1S/C13H21NO2/c1-5-10-14-13(11(15)16-4)8-6-12(2,3)7-9-13/h1,14H,6-10H2,2-4H3. The van der Waals surface area contributed by atoms with E-state index < -0.39 is 5.54 Å². The maximum Gasteiger partial charge on any atom is 0.326 e. The second kappa shape index (κ2) is 4.88. The van der Waals surface area contributed by atoms with Crippen molar-refractivity contribution in [3.8, 4) is 12.3 Å². The van der Waals surface area contributed by atoms with Crippen LogP contribution in [0.1, 0.15) is 39.5 Å². The van der Waals surface area contributed by atoms with Crippen molar-refractivity contribution in [3.63, 3.8) is 0 Å². The number of carbonyl (C=O) groups is 1. The molecule has 0 atom stereocenters. The summed E-state index contributed by atoms with van der Waals surface area (Å²) in [6.45, 7) is 4.88. The van der Waals surface area contributed by atoms with Crippen molar-refractivity contribution in [1.82, 2.24) is 5.32 Å². The Morgan fingerprint density at radius 1 is 1.38 bits per heavy atom. The minimum Gasteiger partial charge on any atom is -0.468 e. The number of hydrogen-bond donors (Lipinski definition) is 1. The molecule has 1 N–H and O–H groups in total. The van der Waals surface area contributed by atoms with Gasteiger partial charge in [-0.25, -0.2) is 0 Å². The van der Waals surface area contributed by atoms with E-state index in [1.807, 2.05) is 0 Å². The summed E-state index contributed by atoms with van der Waals surface area (Å²) in [6.07, 6.45) is 8.86. The molecule has 1 fully saturated rings. The van der Waals surface area contributed by atoms with E-state index in [9.17, 15) is 4.79 Å². The Morgan fingerprint density at radius 3 is 2.38 bits per heavy atom. The zero-order chi connectivity index (χ0) is 12.2. The predicted molar refractivity (Wildman–Crippen MR) is 63.8 cm³/mol. The summed E-state index contributed by atoms with van der Waals surface area (Å²) in [4.78, 5) is 11.9. The second-order valence-corrected chi connectivity index (χ2v) is 5.30. The summed E-state index contributed by atoms with van der Waals surface area (Å²) in [5.41, 5.74) is -0.244. The van der Waals surface area contributed by atoms with E-state index in [2.05, 4.69) is 25.1 Å². The molecule has 0 spiro atoms. The minimum atomic E-state index is -0.559. The molecule has 0 aromatic rings. The van der Waals surface area contributed by atoms with E-state index in [-0.39, 0.29) is 5.97 Å². The molecular formula is C13H21NO2. The summed E-state index contributed by atoms with van der Waals surface area (Å²) in [5.74, 6) is 2.34. The summed E-state index contributed by atoms with van der Waals surface area (Å²) >= 11 is 0. The highest BCUT2D eigenvalue weighted by molar-refractivity contribution is 5.81. The smallest absolute Gasteiger partial charge is 0.326 e. The highest BCUT2D eigenvalue weighted by atomic mass is 16.5. The van der Waals surface area contributed by atoms with Crippen molar-refractivity contribution in [2.24, 2.45) is 5.41 Å². The van der Waals surface area contributed by atoms with Gasteiger partial charge < -0.3 is 4.74 Å². The Hall–Kier alpha value is -1.01. The molecule has 0 saturated heterocycles. The lowest BCUT2D eigenvalue weighted by molar-refractivity contribution is -0.151. The number of carbonyl (C=O) groups excluding carboxylic acids is 1. The normalized spacial score (nSPS) is 22.1. The van der Waals surface area contributed by atoms with Gasteiger partial charge >= 0.3 is 5.97 Å². The molecule has 16 heavy (non-hydrogen) atoms. The lowest BCUT2D eigenvalue weighted by Gasteiger charge is -2.41. The Balaban J connectivity index is 2.75. The van der Waals surface area contributed by atoms with Crippen molar-refractivity contribution in [3.05, 3.63) is 0 Å². The minimum absolute atomic E-state index is 0.182. The van der Waals surface area contributed by atoms with E-state index in [1.54, 1.807) is 0 Å². The van der Waals surface area contributed by atoms with Crippen LogP contribution in [0.4, 0.5) is 0 Å². The van der Waals surface area contributed by atoms with Crippen LogP contribution in [0.25, 0.3) is 0 Å². The van der Waals surface area contributed by atoms with E-state index >= 15 is 0 Å². The van der Waals surface area contributed by atoms with Crippen LogP contribution in [0.3, 0.4) is 0 Å². The van der Waals surface area contributed by atoms with E-state index in [0.717, 1.165) is 25.7 Å². The van der Waals surface area contributed by atoms with Gasteiger partial charge in [-0.3, -0.25) is 10.1 Å².